The Balaban J connectivity index is 1.40. The molecule has 4 N–H and O–H groups in total. The van der Waals surface area contributed by atoms with Crippen LogP contribution in [0, 0.1) is 16.6 Å². The third kappa shape index (κ3) is 6.15. The number of Topliss-reactive ketones (excluding diaryl/α,β-unsaturated/α-hetero) is 1. The number of hydrogen-bond acceptors (Lipinski definition) is 10. The lowest BCUT2D eigenvalue weighted by molar-refractivity contribution is -0.228. The molecule has 0 amide bonds. The van der Waals surface area contributed by atoms with Gasteiger partial charge in [-0.2, -0.15) is 0 Å². The van der Waals surface area contributed by atoms with Gasteiger partial charge >= 0.3 is 0 Å². The number of carbonyl (C=O) groups excluding carboxylic acids is 1. The van der Waals surface area contributed by atoms with Gasteiger partial charge in [0, 0.05) is 23.1 Å². The largest absolute Gasteiger partial charge is 0.393 e. The van der Waals surface area contributed by atoms with E-state index < -0.39 is 23.6 Å². The molecule has 0 radical (unpaired) electrons. The van der Waals surface area contributed by atoms with E-state index in [1.807, 2.05) is 17.5 Å². The van der Waals surface area contributed by atoms with Crippen molar-refractivity contribution >= 4 is 28.8 Å². The van der Waals surface area contributed by atoms with Gasteiger partial charge in [0.1, 0.15) is 5.82 Å². The van der Waals surface area contributed by atoms with E-state index >= 15 is 0 Å². The Bertz CT molecular complexity index is 1480. The molecule has 10 nitrogen and oxygen atoms in total. The first-order chi connectivity index (χ1) is 19.2. The molecule has 5 rings (SSSR count). The molecule has 1 saturated heterocycles. The van der Waals surface area contributed by atoms with Gasteiger partial charge in [-0.1, -0.05) is 6.07 Å². The summed E-state index contributed by atoms with van der Waals surface area (Å²) in [4.78, 5) is 30.9. The number of H-pyrrole nitrogens is 1. The average molecular weight is 565 g/mol. The number of carbonyl (C=O) groups is 1. The third-order valence-electron chi connectivity index (χ3n) is 6.40. The number of hydrogen-bond donors (Lipinski definition) is 4. The third-order valence-corrected chi connectivity index (χ3v) is 7.28. The number of aliphatic hydroxyl groups is 1. The van der Waals surface area contributed by atoms with Crippen molar-refractivity contribution in [3.63, 3.8) is 0 Å². The lowest BCUT2D eigenvalue weighted by Crippen LogP contribution is -2.46. The summed E-state index contributed by atoms with van der Waals surface area (Å²) in [6, 6.07) is 11.7. The highest BCUT2D eigenvalue weighted by molar-refractivity contribution is 7.09. The number of ether oxygens (including phenoxy) is 2. The molecule has 1 atom stereocenters. The molecule has 3 aromatic heterocycles. The number of thiophene rings is 1. The van der Waals surface area contributed by atoms with Gasteiger partial charge in [-0.25, -0.2) is 19.3 Å². The lowest BCUT2D eigenvalue weighted by Gasteiger charge is -2.35. The molecule has 40 heavy (non-hydrogen) atoms. The van der Waals surface area contributed by atoms with E-state index in [1.54, 1.807) is 42.7 Å². The molecule has 1 aliphatic rings. The van der Waals surface area contributed by atoms with Crippen molar-refractivity contribution in [3.8, 4) is 22.6 Å². The summed E-state index contributed by atoms with van der Waals surface area (Å²) in [5, 5.41) is 22.8. The molecule has 208 valence electrons. The van der Waals surface area contributed by atoms with Crippen molar-refractivity contribution in [2.45, 2.75) is 39.2 Å². The van der Waals surface area contributed by atoms with Crippen molar-refractivity contribution in [3.05, 3.63) is 70.6 Å². The Morgan fingerprint density at radius 2 is 2.00 bits per heavy atom. The number of anilines is 1. The predicted molar refractivity (Wildman–Crippen MR) is 148 cm³/mol. The minimum absolute atomic E-state index is 0.00486. The monoisotopic (exact) mass is 564 g/mol. The lowest BCUT2D eigenvalue weighted by atomic mass is 9.83. The Morgan fingerprint density at radius 3 is 2.67 bits per heavy atom. The molecule has 0 spiro atoms. The van der Waals surface area contributed by atoms with Crippen LogP contribution in [0.2, 0.25) is 0 Å². The number of halogens is 1. The van der Waals surface area contributed by atoms with Crippen molar-refractivity contribution < 1.29 is 23.8 Å². The van der Waals surface area contributed by atoms with Gasteiger partial charge in [0.25, 0.3) is 0 Å². The normalized spacial score (nSPS) is 19.8. The topological polar surface area (TPSA) is 146 Å². The molecule has 1 aliphatic heterocycles. The van der Waals surface area contributed by atoms with E-state index in [0.29, 0.717) is 41.0 Å². The fourth-order valence-corrected chi connectivity index (χ4v) is 4.96. The van der Waals surface area contributed by atoms with Crippen LogP contribution in [0.25, 0.3) is 22.6 Å². The molecule has 0 bridgehead atoms. The summed E-state index contributed by atoms with van der Waals surface area (Å²) in [6.07, 6.45) is -0.0967. The standard InChI is InChI=1S/C28H29FN6O4S/c1-16(36)12-20(30)24(37)28(2)14-38-26(39-15-28)25-34-22(17-5-7-18(29)8-6-17)23(35-25)21-9-10-31-27(33-21)32-13-19-4-3-11-40-19/h3-11,16,26,30,36H,12-15H2,1-2H3,(H,34,35)(H,31,32,33). The van der Waals surface area contributed by atoms with Gasteiger partial charge < -0.3 is 30.3 Å². The highest BCUT2D eigenvalue weighted by atomic mass is 32.1. The number of imidazole rings is 1. The second-order valence-corrected chi connectivity index (χ2v) is 11.0. The van der Waals surface area contributed by atoms with Crippen LogP contribution in [-0.4, -0.2) is 55.9 Å². The fraction of sp³-hybridized carbons (Fsp3) is 0.321. The quantitative estimate of drug-likeness (QED) is 0.202. The van der Waals surface area contributed by atoms with Crippen LogP contribution in [0.15, 0.2) is 54.0 Å². The first-order valence-corrected chi connectivity index (χ1v) is 13.6. The van der Waals surface area contributed by atoms with Crippen molar-refractivity contribution in [1.82, 2.24) is 19.9 Å². The first-order valence-electron chi connectivity index (χ1n) is 12.7. The second-order valence-electron chi connectivity index (χ2n) is 9.93. The summed E-state index contributed by atoms with van der Waals surface area (Å²) in [7, 11) is 0. The van der Waals surface area contributed by atoms with Crippen LogP contribution in [0.5, 0.6) is 0 Å². The minimum atomic E-state index is -1.06. The van der Waals surface area contributed by atoms with Gasteiger partial charge in [0.2, 0.25) is 12.2 Å². The van der Waals surface area contributed by atoms with Crippen LogP contribution >= 0.6 is 11.3 Å². The fourth-order valence-electron chi connectivity index (χ4n) is 4.32. The summed E-state index contributed by atoms with van der Waals surface area (Å²) in [5.74, 6) is -0.00412. The van der Waals surface area contributed by atoms with E-state index in [1.165, 1.54) is 19.1 Å². The second kappa shape index (κ2) is 11.7. The zero-order chi connectivity index (χ0) is 28.3. The van der Waals surface area contributed by atoms with Gasteiger partial charge in [-0.05, 0) is 55.6 Å². The number of nitrogens with zero attached hydrogens (tertiary/aromatic N) is 3. The molecule has 4 heterocycles. The number of benzene rings is 1. The maximum atomic E-state index is 13.7. The Labute approximate surface area is 234 Å². The van der Waals surface area contributed by atoms with Crippen LogP contribution in [0.4, 0.5) is 10.3 Å². The summed E-state index contributed by atoms with van der Waals surface area (Å²) in [6.45, 7) is 3.79. The highest BCUT2D eigenvalue weighted by Gasteiger charge is 2.42. The molecule has 1 fully saturated rings. The molecular weight excluding hydrogens is 535 g/mol. The molecule has 4 aromatic rings. The number of nitrogens with one attached hydrogen (secondary N) is 3. The molecule has 1 aromatic carbocycles. The zero-order valence-electron chi connectivity index (χ0n) is 22.0. The Morgan fingerprint density at radius 1 is 1.25 bits per heavy atom. The molecule has 12 heteroatoms. The Hall–Kier alpha value is -3.84. The summed E-state index contributed by atoms with van der Waals surface area (Å²) in [5.41, 5.74) is 1.08. The van der Waals surface area contributed by atoms with Crippen molar-refractivity contribution in [1.29, 1.82) is 5.41 Å². The Kier molecular flexibility index (Phi) is 8.12. The van der Waals surface area contributed by atoms with Crippen molar-refractivity contribution in [2.75, 3.05) is 18.5 Å². The maximum absolute atomic E-state index is 13.7. The highest BCUT2D eigenvalue weighted by Crippen LogP contribution is 2.36. The molecular formula is C28H29FN6O4S. The number of aliphatic hydroxyl groups excluding tert-OH is 1. The number of rotatable bonds is 10. The van der Waals surface area contributed by atoms with Crippen LogP contribution < -0.4 is 5.32 Å². The van der Waals surface area contributed by atoms with Gasteiger partial charge in [-0.3, -0.25) is 4.79 Å². The smallest absolute Gasteiger partial charge is 0.223 e. The van der Waals surface area contributed by atoms with E-state index in [4.69, 9.17) is 19.9 Å². The molecule has 0 aliphatic carbocycles. The summed E-state index contributed by atoms with van der Waals surface area (Å²) < 4.78 is 25.5. The van der Waals surface area contributed by atoms with E-state index in [0.717, 1.165) is 4.88 Å². The zero-order valence-corrected chi connectivity index (χ0v) is 22.8. The maximum Gasteiger partial charge on any atom is 0.223 e. The number of aromatic nitrogens is 4. The van der Waals surface area contributed by atoms with Crippen LogP contribution in [0.1, 0.15) is 37.3 Å². The van der Waals surface area contributed by atoms with Gasteiger partial charge in [0.15, 0.2) is 11.6 Å². The van der Waals surface area contributed by atoms with Crippen LogP contribution in [0.3, 0.4) is 0 Å². The molecule has 0 saturated carbocycles. The first kappa shape index (κ1) is 27.7. The number of ketones is 1. The van der Waals surface area contributed by atoms with Gasteiger partial charge in [0.05, 0.1) is 54.1 Å². The predicted octanol–water partition coefficient (Wildman–Crippen LogP) is 4.76. The molecule has 1 unspecified atom stereocenters. The number of aromatic amines is 1. The van der Waals surface area contributed by atoms with Crippen LogP contribution in [-0.2, 0) is 20.8 Å². The van der Waals surface area contributed by atoms with E-state index in [9.17, 15) is 14.3 Å². The van der Waals surface area contributed by atoms with Crippen molar-refractivity contribution in [2.24, 2.45) is 5.41 Å². The summed E-state index contributed by atoms with van der Waals surface area (Å²) >= 11 is 1.63. The van der Waals surface area contributed by atoms with E-state index in [-0.39, 0.29) is 31.2 Å². The SMILES string of the molecule is CC(O)CC(=N)C(=O)C1(C)COC(c2nc(-c3ccc(F)cc3)c(-c3ccnc(NCc4cccs4)n3)[nH]2)OC1. The minimum Gasteiger partial charge on any atom is -0.393 e. The van der Waals surface area contributed by atoms with Gasteiger partial charge in [-0.15, -0.1) is 11.3 Å². The van der Waals surface area contributed by atoms with E-state index in [2.05, 4.69) is 20.3 Å². The average Bonchev–Trinajstić information content (AvgIpc) is 3.63.